The highest BCUT2D eigenvalue weighted by Crippen LogP contribution is 2.59. The Kier molecular flexibility index (Phi) is 5.59. The van der Waals surface area contributed by atoms with Crippen molar-refractivity contribution in [2.75, 3.05) is 0 Å². The van der Waals surface area contributed by atoms with Gasteiger partial charge < -0.3 is 44.5 Å². The Morgan fingerprint density at radius 1 is 1.10 bits per heavy atom. The molecule has 7 atom stereocenters. The van der Waals surface area contributed by atoms with Crippen LogP contribution in [0.1, 0.15) is 5.56 Å². The van der Waals surface area contributed by atoms with E-state index in [1.165, 1.54) is 12.1 Å². The van der Waals surface area contributed by atoms with E-state index in [0.717, 1.165) is 6.07 Å². The van der Waals surface area contributed by atoms with E-state index in [0.29, 0.717) is 10.9 Å². The second-order valence-corrected chi connectivity index (χ2v) is 9.06. The van der Waals surface area contributed by atoms with Crippen molar-refractivity contribution < 1.29 is 49.0 Å². The highest BCUT2D eigenvalue weighted by Gasteiger charge is 2.68. The van der Waals surface area contributed by atoms with Gasteiger partial charge in [0.1, 0.15) is 46.9 Å². The van der Waals surface area contributed by atoms with Crippen molar-refractivity contribution in [1.82, 2.24) is 0 Å². The van der Waals surface area contributed by atoms with Crippen LogP contribution in [-0.2, 0) is 4.57 Å². The lowest BCUT2D eigenvalue weighted by Crippen LogP contribution is -2.70. The maximum Gasteiger partial charge on any atom is 0.413 e. The molecule has 1 aliphatic rings. The van der Waals surface area contributed by atoms with Crippen LogP contribution in [-0.4, -0.2) is 71.4 Å². The number of hydrogen-bond acceptors (Lipinski definition) is 10. The van der Waals surface area contributed by atoms with Gasteiger partial charge in [0.2, 0.25) is 5.34 Å². The third-order valence-corrected chi connectivity index (χ3v) is 7.30. The fourth-order valence-electron chi connectivity index (χ4n) is 3.17. The summed E-state index contributed by atoms with van der Waals surface area (Å²) in [6, 6.07) is 3.55. The minimum absolute atomic E-state index is 0.0679. The van der Waals surface area contributed by atoms with E-state index in [2.05, 4.69) is 0 Å². The maximum atomic E-state index is 12.7. The molecule has 0 saturated heterocycles. The standard InChI is InChI=1S/C16H18ClO11P/c1-5-7-3-2-6(4-8(7)27-15(23)9(5)17)28-29(25,26)16(24)13(21)11(19)10(18)12(20)14(16)22/h2-4,10-14,18-22,24H,1H3,(H,25,26)/t10-,11-,12+,13-,14-,16+/m1/s1. The van der Waals surface area contributed by atoms with Gasteiger partial charge in [-0.1, -0.05) is 11.6 Å². The Morgan fingerprint density at radius 2 is 1.66 bits per heavy atom. The Bertz CT molecular complexity index is 1040. The van der Waals surface area contributed by atoms with E-state index >= 15 is 0 Å². The van der Waals surface area contributed by atoms with Crippen molar-refractivity contribution in [3.05, 3.63) is 39.2 Å². The summed E-state index contributed by atoms with van der Waals surface area (Å²) in [6.07, 6.45) is -11.7. The zero-order valence-corrected chi connectivity index (χ0v) is 16.4. The van der Waals surface area contributed by atoms with Gasteiger partial charge in [-0.25, -0.2) is 9.36 Å². The number of halogens is 1. The minimum Gasteiger partial charge on any atom is -0.422 e. The van der Waals surface area contributed by atoms with Crippen molar-refractivity contribution >= 4 is 30.2 Å². The number of benzene rings is 1. The molecule has 0 amide bonds. The van der Waals surface area contributed by atoms with E-state index in [4.69, 9.17) is 20.5 Å². The molecule has 1 aromatic carbocycles. The summed E-state index contributed by atoms with van der Waals surface area (Å²) in [6.45, 7) is 1.55. The van der Waals surface area contributed by atoms with E-state index in [1.54, 1.807) is 6.92 Å². The molecular formula is C16H18ClO11P. The van der Waals surface area contributed by atoms with Crippen molar-refractivity contribution in [2.45, 2.75) is 42.8 Å². The summed E-state index contributed by atoms with van der Waals surface area (Å²) in [4.78, 5) is 22.0. The second-order valence-electron chi connectivity index (χ2n) is 6.74. The zero-order valence-electron chi connectivity index (χ0n) is 14.7. The Hall–Kier alpha value is -1.53. The highest BCUT2D eigenvalue weighted by atomic mass is 35.5. The van der Waals surface area contributed by atoms with E-state index < -0.39 is 54.8 Å². The first-order valence-electron chi connectivity index (χ1n) is 8.21. The molecule has 1 saturated carbocycles. The number of hydrogen-bond donors (Lipinski definition) is 7. The first-order chi connectivity index (χ1) is 13.3. The lowest BCUT2D eigenvalue weighted by Gasteiger charge is -2.47. The van der Waals surface area contributed by atoms with Gasteiger partial charge in [0.25, 0.3) is 0 Å². The lowest BCUT2D eigenvalue weighted by molar-refractivity contribution is -0.243. The molecule has 0 bridgehead atoms. The molecule has 7 N–H and O–H groups in total. The predicted molar refractivity (Wildman–Crippen MR) is 97.7 cm³/mol. The SMILES string of the molecule is Cc1c(Cl)c(=O)oc2cc(OP(=O)(O)[C@@]3(O)[C@H](O)[C@H](O)[C@@H](O)[C@H](O)[C@H]3O)ccc12. The molecule has 1 aliphatic carbocycles. The molecule has 1 heterocycles. The average Bonchev–Trinajstić information content (AvgIpc) is 2.67. The van der Waals surface area contributed by atoms with Crippen LogP contribution in [0.25, 0.3) is 11.0 Å². The molecule has 0 spiro atoms. The summed E-state index contributed by atoms with van der Waals surface area (Å²) in [5, 5.41) is 56.4. The summed E-state index contributed by atoms with van der Waals surface area (Å²) >= 11 is 5.82. The molecule has 1 fully saturated rings. The Balaban J connectivity index is 2.03. The summed E-state index contributed by atoms with van der Waals surface area (Å²) in [7, 11) is -5.45. The number of aliphatic hydroxyl groups excluding tert-OH is 5. The molecule has 13 heteroatoms. The van der Waals surface area contributed by atoms with Crippen LogP contribution in [0.3, 0.4) is 0 Å². The van der Waals surface area contributed by atoms with E-state index in [9.17, 15) is 44.9 Å². The predicted octanol–water partition coefficient (Wildman–Crippen LogP) is -1.17. The van der Waals surface area contributed by atoms with Crippen molar-refractivity contribution in [2.24, 2.45) is 0 Å². The summed E-state index contributed by atoms with van der Waals surface area (Å²) in [5.74, 6) is -0.406. The smallest absolute Gasteiger partial charge is 0.413 e. The maximum absolute atomic E-state index is 12.7. The second kappa shape index (κ2) is 7.31. The lowest BCUT2D eigenvalue weighted by atomic mass is 9.84. The highest BCUT2D eigenvalue weighted by molar-refractivity contribution is 7.55. The molecule has 2 aromatic rings. The largest absolute Gasteiger partial charge is 0.422 e. The third kappa shape index (κ3) is 3.28. The molecule has 160 valence electrons. The first-order valence-corrected chi connectivity index (χ1v) is 10.2. The van der Waals surface area contributed by atoms with Crippen molar-refractivity contribution in [3.63, 3.8) is 0 Å². The van der Waals surface area contributed by atoms with Crippen LogP contribution >= 0.6 is 19.2 Å². The van der Waals surface area contributed by atoms with Gasteiger partial charge in [-0.3, -0.25) is 0 Å². The first kappa shape index (κ1) is 22.2. The van der Waals surface area contributed by atoms with Crippen LogP contribution in [0.4, 0.5) is 0 Å². The van der Waals surface area contributed by atoms with E-state index in [1.807, 2.05) is 0 Å². The van der Waals surface area contributed by atoms with E-state index in [-0.39, 0.29) is 10.6 Å². The molecule has 0 radical (unpaired) electrons. The van der Waals surface area contributed by atoms with Crippen LogP contribution < -0.4 is 10.1 Å². The van der Waals surface area contributed by atoms with Gasteiger partial charge in [0, 0.05) is 11.5 Å². The number of rotatable bonds is 3. The van der Waals surface area contributed by atoms with Crippen LogP contribution in [0, 0.1) is 6.92 Å². The zero-order chi connectivity index (χ0) is 21.9. The molecule has 11 nitrogen and oxygen atoms in total. The van der Waals surface area contributed by atoms with Crippen molar-refractivity contribution in [1.29, 1.82) is 0 Å². The van der Waals surface area contributed by atoms with Gasteiger partial charge in [0.15, 0.2) is 0 Å². The third-order valence-electron chi connectivity index (χ3n) is 4.97. The van der Waals surface area contributed by atoms with Crippen molar-refractivity contribution in [3.8, 4) is 5.75 Å². The molecule has 0 aliphatic heterocycles. The molecule has 3 rings (SSSR count). The van der Waals surface area contributed by atoms with Crippen LogP contribution in [0.5, 0.6) is 5.75 Å². The van der Waals surface area contributed by atoms with Gasteiger partial charge in [-0.2, -0.15) is 0 Å². The molecular weight excluding hydrogens is 435 g/mol. The molecule has 1 unspecified atom stereocenters. The minimum atomic E-state index is -5.45. The van der Waals surface area contributed by atoms with Gasteiger partial charge >= 0.3 is 13.2 Å². The average molecular weight is 453 g/mol. The Labute approximate surface area is 167 Å². The van der Waals surface area contributed by atoms with Gasteiger partial charge in [-0.15, -0.1) is 0 Å². The van der Waals surface area contributed by atoms with Crippen LogP contribution in [0.2, 0.25) is 5.02 Å². The number of aryl methyl sites for hydroxylation is 1. The monoisotopic (exact) mass is 452 g/mol. The summed E-state index contributed by atoms with van der Waals surface area (Å²) < 4.78 is 22.6. The molecule has 29 heavy (non-hydrogen) atoms. The molecule has 1 aromatic heterocycles. The van der Waals surface area contributed by atoms with Gasteiger partial charge in [-0.05, 0) is 24.6 Å². The van der Waals surface area contributed by atoms with Gasteiger partial charge in [0.05, 0.1) is 0 Å². The van der Waals surface area contributed by atoms with Crippen LogP contribution in [0.15, 0.2) is 27.4 Å². The fourth-order valence-corrected chi connectivity index (χ4v) is 4.83. The summed E-state index contributed by atoms with van der Waals surface area (Å²) in [5.41, 5.74) is -0.548. The topological polar surface area (TPSA) is 198 Å². The number of aliphatic hydroxyl groups is 6. The number of fused-ring (bicyclic) bond motifs is 1. The fraction of sp³-hybridized carbons (Fsp3) is 0.438. The normalized spacial score (nSPS) is 34.7. The quantitative estimate of drug-likeness (QED) is 0.218. The Morgan fingerprint density at radius 3 is 2.21 bits per heavy atom.